The highest BCUT2D eigenvalue weighted by molar-refractivity contribution is 6.32. The van der Waals surface area contributed by atoms with E-state index in [4.69, 9.17) is 17.3 Å². The lowest BCUT2D eigenvalue weighted by Gasteiger charge is -2.07. The van der Waals surface area contributed by atoms with Crippen LogP contribution in [0, 0.1) is 0 Å². The van der Waals surface area contributed by atoms with E-state index in [0.29, 0.717) is 18.1 Å². The monoisotopic (exact) mass is 236 g/mol. The van der Waals surface area contributed by atoms with Crippen LogP contribution < -0.4 is 11.1 Å². The lowest BCUT2D eigenvalue weighted by Crippen LogP contribution is -2.06. The normalized spacial score (nSPS) is 10.1. The van der Waals surface area contributed by atoms with Crippen LogP contribution in [0.2, 0.25) is 5.15 Å². The van der Waals surface area contributed by atoms with Gasteiger partial charge in [0.15, 0.2) is 11.0 Å². The lowest BCUT2D eigenvalue weighted by atomic mass is 10.4. The first-order valence-electron chi connectivity index (χ1n) is 4.52. The Labute approximate surface area is 96.9 Å². The van der Waals surface area contributed by atoms with E-state index in [1.165, 1.54) is 12.7 Å². The van der Waals surface area contributed by atoms with E-state index in [-0.39, 0.29) is 5.15 Å². The average molecular weight is 237 g/mol. The van der Waals surface area contributed by atoms with Gasteiger partial charge >= 0.3 is 0 Å². The molecule has 0 unspecified atom stereocenters. The molecule has 0 saturated heterocycles. The van der Waals surface area contributed by atoms with Crippen molar-refractivity contribution in [3.8, 4) is 0 Å². The summed E-state index contributed by atoms with van der Waals surface area (Å²) in [6.07, 6.45) is 4.49. The van der Waals surface area contributed by atoms with Gasteiger partial charge in [-0.15, -0.1) is 0 Å². The van der Waals surface area contributed by atoms with Crippen LogP contribution in [0.3, 0.4) is 0 Å². The van der Waals surface area contributed by atoms with Crippen molar-refractivity contribution < 1.29 is 0 Å². The number of halogens is 1. The van der Waals surface area contributed by atoms with Gasteiger partial charge in [0.25, 0.3) is 0 Å². The third-order valence-corrected chi connectivity index (χ3v) is 2.22. The molecule has 0 atom stereocenters. The lowest BCUT2D eigenvalue weighted by molar-refractivity contribution is 0.992. The van der Waals surface area contributed by atoms with E-state index in [1.807, 2.05) is 0 Å². The van der Waals surface area contributed by atoms with E-state index in [9.17, 15) is 0 Å². The predicted molar refractivity (Wildman–Crippen MR) is 60.8 cm³/mol. The molecular weight excluding hydrogens is 228 g/mol. The SMILES string of the molecule is Nc1c(Cl)ncnc1NCc1ccncn1. The van der Waals surface area contributed by atoms with Gasteiger partial charge < -0.3 is 11.1 Å². The Kier molecular flexibility index (Phi) is 3.11. The molecule has 0 aliphatic rings. The predicted octanol–water partition coefficient (Wildman–Crippen LogP) is 1.11. The maximum atomic E-state index is 5.75. The molecule has 7 heteroatoms. The Morgan fingerprint density at radius 3 is 2.88 bits per heavy atom. The molecule has 6 nitrogen and oxygen atoms in total. The molecule has 3 N–H and O–H groups in total. The van der Waals surface area contributed by atoms with Gasteiger partial charge in [0.05, 0.1) is 12.2 Å². The molecule has 0 saturated carbocycles. The number of nitrogens with zero attached hydrogens (tertiary/aromatic N) is 4. The zero-order chi connectivity index (χ0) is 11.4. The smallest absolute Gasteiger partial charge is 0.157 e. The van der Waals surface area contributed by atoms with Crippen molar-refractivity contribution in [2.24, 2.45) is 0 Å². The first kappa shape index (κ1) is 10.6. The summed E-state index contributed by atoms with van der Waals surface area (Å²) < 4.78 is 0. The first-order valence-corrected chi connectivity index (χ1v) is 4.90. The van der Waals surface area contributed by atoms with Crippen LogP contribution >= 0.6 is 11.6 Å². The van der Waals surface area contributed by atoms with Crippen molar-refractivity contribution in [3.05, 3.63) is 35.8 Å². The summed E-state index contributed by atoms with van der Waals surface area (Å²) in [4.78, 5) is 15.6. The topological polar surface area (TPSA) is 89.6 Å². The van der Waals surface area contributed by atoms with Crippen molar-refractivity contribution >= 4 is 23.1 Å². The second kappa shape index (κ2) is 4.71. The van der Waals surface area contributed by atoms with Crippen molar-refractivity contribution in [1.82, 2.24) is 19.9 Å². The Morgan fingerprint density at radius 1 is 1.25 bits per heavy atom. The Bertz CT molecular complexity index is 475. The number of rotatable bonds is 3. The van der Waals surface area contributed by atoms with Crippen LogP contribution in [-0.4, -0.2) is 19.9 Å². The molecular formula is C9H9ClN6. The zero-order valence-corrected chi connectivity index (χ0v) is 9.02. The van der Waals surface area contributed by atoms with Crippen molar-refractivity contribution in [3.63, 3.8) is 0 Å². The number of nitrogens with one attached hydrogen (secondary N) is 1. The molecule has 0 bridgehead atoms. The van der Waals surface area contributed by atoms with Crippen LogP contribution in [0.15, 0.2) is 24.9 Å². The van der Waals surface area contributed by atoms with Crippen molar-refractivity contribution in [2.75, 3.05) is 11.1 Å². The average Bonchev–Trinajstić information content (AvgIpc) is 2.32. The molecule has 0 aromatic carbocycles. The van der Waals surface area contributed by atoms with Crippen LogP contribution in [0.1, 0.15) is 5.69 Å². The van der Waals surface area contributed by atoms with Gasteiger partial charge in [-0.25, -0.2) is 19.9 Å². The van der Waals surface area contributed by atoms with E-state index >= 15 is 0 Å². The summed E-state index contributed by atoms with van der Waals surface area (Å²) in [5, 5.41) is 3.26. The molecule has 0 aliphatic carbocycles. The number of nitrogen functional groups attached to an aromatic ring is 1. The maximum Gasteiger partial charge on any atom is 0.157 e. The molecule has 2 aromatic heterocycles. The third-order valence-electron chi connectivity index (χ3n) is 1.92. The maximum absolute atomic E-state index is 5.75. The molecule has 0 amide bonds. The van der Waals surface area contributed by atoms with Gasteiger partial charge in [-0.3, -0.25) is 0 Å². The third kappa shape index (κ3) is 2.34. The van der Waals surface area contributed by atoms with E-state index in [2.05, 4.69) is 25.3 Å². The van der Waals surface area contributed by atoms with Gasteiger partial charge in [0, 0.05) is 6.20 Å². The number of hydrogen-bond donors (Lipinski definition) is 2. The second-order valence-corrected chi connectivity index (χ2v) is 3.34. The minimum atomic E-state index is 0.236. The summed E-state index contributed by atoms with van der Waals surface area (Å²) in [7, 11) is 0. The quantitative estimate of drug-likeness (QED) is 0.776. The Morgan fingerprint density at radius 2 is 2.12 bits per heavy atom. The van der Waals surface area contributed by atoms with Gasteiger partial charge in [0.2, 0.25) is 0 Å². The van der Waals surface area contributed by atoms with E-state index in [1.54, 1.807) is 12.3 Å². The van der Waals surface area contributed by atoms with E-state index in [0.717, 1.165) is 5.69 Å². The van der Waals surface area contributed by atoms with Crippen LogP contribution in [-0.2, 0) is 6.54 Å². The minimum absolute atomic E-state index is 0.236. The fourth-order valence-electron chi connectivity index (χ4n) is 1.11. The molecule has 82 valence electrons. The van der Waals surface area contributed by atoms with Crippen molar-refractivity contribution in [2.45, 2.75) is 6.54 Å². The molecule has 0 aliphatic heterocycles. The van der Waals surface area contributed by atoms with Crippen LogP contribution in [0.4, 0.5) is 11.5 Å². The minimum Gasteiger partial charge on any atom is -0.393 e. The second-order valence-electron chi connectivity index (χ2n) is 2.98. The fourth-order valence-corrected chi connectivity index (χ4v) is 1.25. The molecule has 0 radical (unpaired) electrons. The standard InChI is InChI=1S/C9H9ClN6/c10-8-7(11)9(16-5-15-8)13-3-6-1-2-12-4-14-6/h1-2,4-5H,3,11H2,(H,13,15,16). The molecule has 0 spiro atoms. The summed E-state index contributed by atoms with van der Waals surface area (Å²) >= 11 is 5.75. The van der Waals surface area contributed by atoms with Gasteiger partial charge in [-0.1, -0.05) is 11.6 Å². The van der Waals surface area contributed by atoms with E-state index < -0.39 is 0 Å². The number of anilines is 2. The Balaban J connectivity index is 2.08. The number of hydrogen-bond acceptors (Lipinski definition) is 6. The van der Waals surface area contributed by atoms with Crippen LogP contribution in [0.25, 0.3) is 0 Å². The summed E-state index contributed by atoms with van der Waals surface area (Å²) in [6.45, 7) is 0.500. The number of nitrogens with two attached hydrogens (primary N) is 1. The highest BCUT2D eigenvalue weighted by atomic mass is 35.5. The molecule has 16 heavy (non-hydrogen) atoms. The molecule has 2 aromatic rings. The summed E-state index contributed by atoms with van der Waals surface area (Å²) in [5.74, 6) is 0.499. The highest BCUT2D eigenvalue weighted by Crippen LogP contribution is 2.21. The van der Waals surface area contributed by atoms with Gasteiger partial charge in [-0.05, 0) is 6.07 Å². The van der Waals surface area contributed by atoms with Crippen LogP contribution in [0.5, 0.6) is 0 Å². The highest BCUT2D eigenvalue weighted by Gasteiger charge is 2.05. The van der Waals surface area contributed by atoms with Crippen molar-refractivity contribution in [1.29, 1.82) is 0 Å². The number of aromatic nitrogens is 4. The fraction of sp³-hybridized carbons (Fsp3) is 0.111. The van der Waals surface area contributed by atoms with Gasteiger partial charge in [-0.2, -0.15) is 0 Å². The molecule has 0 fully saturated rings. The zero-order valence-electron chi connectivity index (χ0n) is 8.26. The summed E-state index contributed by atoms with van der Waals surface area (Å²) in [5.41, 5.74) is 6.86. The largest absolute Gasteiger partial charge is 0.393 e. The molecule has 2 heterocycles. The Hall–Kier alpha value is -1.95. The first-order chi connectivity index (χ1) is 7.77. The van der Waals surface area contributed by atoms with Gasteiger partial charge in [0.1, 0.15) is 18.3 Å². The summed E-state index contributed by atoms with van der Waals surface area (Å²) in [6, 6.07) is 1.80. The molecule has 2 rings (SSSR count).